The van der Waals surface area contributed by atoms with Gasteiger partial charge in [-0.3, -0.25) is 0 Å². The highest BCUT2D eigenvalue weighted by atomic mass is 15.1. The van der Waals surface area contributed by atoms with Crippen LogP contribution in [-0.4, -0.2) is 25.0 Å². The molecule has 0 saturated heterocycles. The molecule has 0 N–H and O–H groups in total. The van der Waals surface area contributed by atoms with Crippen LogP contribution < -0.4 is 0 Å². The maximum atomic E-state index is 2.41. The van der Waals surface area contributed by atoms with Gasteiger partial charge in [-0.2, -0.15) is 0 Å². The topological polar surface area (TPSA) is 3.24 Å². The van der Waals surface area contributed by atoms with Gasteiger partial charge in [0.25, 0.3) is 0 Å². The Morgan fingerprint density at radius 1 is 1.10 bits per heavy atom. The number of hydrogen-bond donors (Lipinski definition) is 0. The lowest BCUT2D eigenvalue weighted by atomic mass is 9.50. The first-order valence-corrected chi connectivity index (χ1v) is 4.38. The van der Waals surface area contributed by atoms with E-state index in [1.54, 1.807) is 0 Å². The monoisotopic (exact) mass is 139 g/mol. The zero-order valence-electron chi connectivity index (χ0n) is 7.17. The normalized spacial score (nSPS) is 51.6. The van der Waals surface area contributed by atoms with Crippen LogP contribution in [0.15, 0.2) is 0 Å². The van der Waals surface area contributed by atoms with Crippen molar-refractivity contribution >= 4 is 0 Å². The van der Waals surface area contributed by atoms with Crippen LogP contribution >= 0.6 is 0 Å². The van der Waals surface area contributed by atoms with Gasteiger partial charge in [0.15, 0.2) is 0 Å². The van der Waals surface area contributed by atoms with Gasteiger partial charge in [-0.05, 0) is 44.7 Å². The smallest absolute Gasteiger partial charge is 0.0148 e. The predicted molar refractivity (Wildman–Crippen MR) is 42.9 cm³/mol. The zero-order valence-corrected chi connectivity index (χ0v) is 7.17. The molecule has 0 amide bonds. The van der Waals surface area contributed by atoms with Crippen LogP contribution in [0.3, 0.4) is 0 Å². The molecule has 2 fully saturated rings. The second-order valence-corrected chi connectivity index (χ2v) is 4.22. The van der Waals surface area contributed by atoms with E-state index in [2.05, 4.69) is 25.9 Å². The molecule has 10 heavy (non-hydrogen) atoms. The molecule has 1 heteroatoms. The third-order valence-electron chi connectivity index (χ3n) is 3.63. The van der Waals surface area contributed by atoms with E-state index in [1.165, 1.54) is 12.8 Å². The molecule has 0 aromatic heterocycles. The van der Waals surface area contributed by atoms with E-state index in [1.807, 2.05) is 0 Å². The van der Waals surface area contributed by atoms with E-state index in [0.717, 1.165) is 23.8 Å². The average Bonchev–Trinajstić information content (AvgIpc) is 1.79. The summed E-state index contributed by atoms with van der Waals surface area (Å²) >= 11 is 0. The first-order valence-electron chi connectivity index (χ1n) is 4.38. The molecule has 4 atom stereocenters. The Kier molecular flexibility index (Phi) is 1.31. The van der Waals surface area contributed by atoms with Crippen LogP contribution in [0.4, 0.5) is 0 Å². The van der Waals surface area contributed by atoms with Crippen molar-refractivity contribution in [2.24, 2.45) is 17.8 Å². The lowest BCUT2D eigenvalue weighted by Crippen LogP contribution is -2.61. The van der Waals surface area contributed by atoms with E-state index in [4.69, 9.17) is 0 Å². The molecule has 2 rings (SSSR count). The summed E-state index contributed by atoms with van der Waals surface area (Å²) < 4.78 is 0. The fourth-order valence-corrected chi connectivity index (χ4v) is 2.98. The van der Waals surface area contributed by atoms with E-state index < -0.39 is 0 Å². The summed E-state index contributed by atoms with van der Waals surface area (Å²) in [6, 6.07) is 0.916. The molecule has 0 spiro atoms. The molecule has 0 aromatic carbocycles. The molecule has 0 radical (unpaired) electrons. The van der Waals surface area contributed by atoms with Crippen LogP contribution in [0.5, 0.6) is 0 Å². The van der Waals surface area contributed by atoms with Crippen molar-refractivity contribution in [2.75, 3.05) is 14.1 Å². The van der Waals surface area contributed by atoms with Gasteiger partial charge in [0.2, 0.25) is 0 Å². The first kappa shape index (κ1) is 6.66. The minimum atomic E-state index is 0.916. The Hall–Kier alpha value is -0.0400. The minimum Gasteiger partial charge on any atom is -0.306 e. The molecule has 2 aliphatic rings. The molecule has 2 saturated carbocycles. The molecule has 4 unspecified atom stereocenters. The van der Waals surface area contributed by atoms with Crippen LogP contribution in [-0.2, 0) is 0 Å². The van der Waals surface area contributed by atoms with Crippen LogP contribution in [0.25, 0.3) is 0 Å². The van der Waals surface area contributed by atoms with Gasteiger partial charge in [-0.15, -0.1) is 0 Å². The first-order chi connectivity index (χ1) is 4.72. The number of nitrogens with zero attached hydrogens (tertiary/aromatic N) is 1. The third kappa shape index (κ3) is 0.619. The van der Waals surface area contributed by atoms with Gasteiger partial charge >= 0.3 is 0 Å². The largest absolute Gasteiger partial charge is 0.306 e. The molecule has 1 nitrogen and oxygen atoms in total. The second-order valence-electron chi connectivity index (χ2n) is 4.22. The van der Waals surface area contributed by atoms with Crippen molar-refractivity contribution in [1.82, 2.24) is 4.90 Å². The lowest BCUT2D eigenvalue weighted by Gasteiger charge is -2.60. The van der Waals surface area contributed by atoms with Gasteiger partial charge in [0.05, 0.1) is 0 Å². The molecular formula is C9H17N. The quantitative estimate of drug-likeness (QED) is 0.533. The number of rotatable bonds is 1. The van der Waals surface area contributed by atoms with Crippen molar-refractivity contribution < 1.29 is 0 Å². The molecule has 58 valence electrons. The molecule has 0 bridgehead atoms. The Morgan fingerprint density at radius 3 is 1.90 bits per heavy atom. The highest BCUT2D eigenvalue weighted by molar-refractivity contribution is 5.05. The SMILES string of the molecule is CC1C2CCC2C1N(C)C. The summed E-state index contributed by atoms with van der Waals surface area (Å²) in [4.78, 5) is 2.41. The molecule has 0 heterocycles. The molecule has 2 aliphatic carbocycles. The van der Waals surface area contributed by atoms with Gasteiger partial charge in [0, 0.05) is 6.04 Å². The van der Waals surface area contributed by atoms with Crippen LogP contribution in [0.2, 0.25) is 0 Å². The van der Waals surface area contributed by atoms with Crippen molar-refractivity contribution in [1.29, 1.82) is 0 Å². The van der Waals surface area contributed by atoms with E-state index in [9.17, 15) is 0 Å². The maximum Gasteiger partial charge on any atom is 0.0148 e. The predicted octanol–water partition coefficient (Wildman–Crippen LogP) is 1.59. The summed E-state index contributed by atoms with van der Waals surface area (Å²) in [5, 5.41) is 0. The highest BCUT2D eigenvalue weighted by Gasteiger charge is 2.53. The zero-order chi connectivity index (χ0) is 7.30. The van der Waals surface area contributed by atoms with Crippen molar-refractivity contribution in [3.05, 3.63) is 0 Å². The fraction of sp³-hybridized carbons (Fsp3) is 1.00. The summed E-state index contributed by atoms with van der Waals surface area (Å²) in [7, 11) is 4.44. The van der Waals surface area contributed by atoms with Gasteiger partial charge in [0.1, 0.15) is 0 Å². The van der Waals surface area contributed by atoms with Crippen molar-refractivity contribution in [2.45, 2.75) is 25.8 Å². The standard InChI is InChI=1S/C9H17N/c1-6-7-4-5-8(7)9(6)10(2)3/h6-9H,4-5H2,1-3H3. The second kappa shape index (κ2) is 1.97. The Labute approximate surface area is 63.4 Å². The Balaban J connectivity index is 1.99. The van der Waals surface area contributed by atoms with Crippen molar-refractivity contribution in [3.63, 3.8) is 0 Å². The molecule has 0 aliphatic heterocycles. The highest BCUT2D eigenvalue weighted by Crippen LogP contribution is 2.55. The third-order valence-corrected chi connectivity index (χ3v) is 3.63. The minimum absolute atomic E-state index is 0.916. The fourth-order valence-electron chi connectivity index (χ4n) is 2.98. The lowest BCUT2D eigenvalue weighted by molar-refractivity contribution is -0.103. The van der Waals surface area contributed by atoms with Gasteiger partial charge in [-0.1, -0.05) is 6.92 Å². The van der Waals surface area contributed by atoms with Crippen LogP contribution in [0.1, 0.15) is 19.8 Å². The summed E-state index contributed by atoms with van der Waals surface area (Å²) in [5.74, 6) is 3.16. The van der Waals surface area contributed by atoms with E-state index in [0.29, 0.717) is 0 Å². The number of fused-ring (bicyclic) bond motifs is 1. The Morgan fingerprint density at radius 2 is 1.70 bits per heavy atom. The van der Waals surface area contributed by atoms with Gasteiger partial charge < -0.3 is 4.90 Å². The summed E-state index contributed by atoms with van der Waals surface area (Å²) in [6.45, 7) is 2.41. The maximum absolute atomic E-state index is 2.41. The molecular weight excluding hydrogens is 122 g/mol. The van der Waals surface area contributed by atoms with E-state index in [-0.39, 0.29) is 0 Å². The summed E-state index contributed by atoms with van der Waals surface area (Å²) in [6.07, 6.45) is 3.01. The van der Waals surface area contributed by atoms with Gasteiger partial charge in [-0.25, -0.2) is 0 Å². The van der Waals surface area contributed by atoms with E-state index >= 15 is 0 Å². The summed E-state index contributed by atoms with van der Waals surface area (Å²) in [5.41, 5.74) is 0. The number of hydrogen-bond acceptors (Lipinski definition) is 1. The average molecular weight is 139 g/mol. The van der Waals surface area contributed by atoms with Crippen molar-refractivity contribution in [3.8, 4) is 0 Å². The molecule has 0 aromatic rings. The van der Waals surface area contributed by atoms with Crippen LogP contribution in [0, 0.1) is 17.8 Å². The Bertz CT molecular complexity index is 136.